The maximum atomic E-state index is 6.10. The summed E-state index contributed by atoms with van der Waals surface area (Å²) in [5.74, 6) is 2.20. The van der Waals surface area contributed by atoms with Gasteiger partial charge in [0.15, 0.2) is 0 Å². The largest absolute Gasteiger partial charge is 0.316 e. The number of nitrogens with one attached hydrogen (secondary N) is 1. The summed E-state index contributed by atoms with van der Waals surface area (Å²) >= 11 is 6.10. The molecule has 1 N–H and O–H groups in total. The zero-order valence-electron chi connectivity index (χ0n) is 10.7. The molecule has 1 nitrogen and oxygen atoms in total. The topological polar surface area (TPSA) is 12.0 Å². The van der Waals surface area contributed by atoms with E-state index in [-0.39, 0.29) is 0 Å². The van der Waals surface area contributed by atoms with Crippen molar-refractivity contribution in [3.63, 3.8) is 0 Å². The fourth-order valence-electron chi connectivity index (χ4n) is 2.95. The van der Waals surface area contributed by atoms with Crippen LogP contribution in [0.1, 0.15) is 38.2 Å². The van der Waals surface area contributed by atoms with Crippen molar-refractivity contribution in [2.24, 2.45) is 11.8 Å². The molecule has 0 spiro atoms. The number of piperidine rings is 1. The smallest absolute Gasteiger partial charge is 0.0408 e. The zero-order valence-corrected chi connectivity index (χ0v) is 11.5. The van der Waals surface area contributed by atoms with Gasteiger partial charge in [-0.3, -0.25) is 0 Å². The number of benzene rings is 1. The van der Waals surface area contributed by atoms with Crippen molar-refractivity contribution >= 4 is 11.6 Å². The molecule has 0 bridgehead atoms. The molecule has 2 rings (SSSR count). The van der Waals surface area contributed by atoms with Crippen LogP contribution in [-0.2, 0) is 0 Å². The quantitative estimate of drug-likeness (QED) is 0.854. The zero-order chi connectivity index (χ0) is 12.3. The maximum absolute atomic E-state index is 6.10. The lowest BCUT2D eigenvalue weighted by Gasteiger charge is -2.33. The summed E-state index contributed by atoms with van der Waals surface area (Å²) in [5, 5.41) is 4.39. The Labute approximate surface area is 110 Å². The second kappa shape index (κ2) is 5.88. The van der Waals surface area contributed by atoms with Crippen molar-refractivity contribution in [3.8, 4) is 0 Å². The standard InChI is InChI=1S/C15H22ClN/c1-11(2)8-13-10-17-7-6-15(13)12-4-3-5-14(16)9-12/h3-5,9,11,13,15,17H,6-8,10H2,1-2H3. The summed E-state index contributed by atoms with van der Waals surface area (Å²) in [6, 6.07) is 8.41. The highest BCUT2D eigenvalue weighted by atomic mass is 35.5. The third-order valence-electron chi connectivity index (χ3n) is 3.66. The fraction of sp³-hybridized carbons (Fsp3) is 0.600. The number of halogens is 1. The number of hydrogen-bond donors (Lipinski definition) is 1. The summed E-state index contributed by atoms with van der Waals surface area (Å²) in [6.07, 6.45) is 2.53. The molecule has 1 aliphatic heterocycles. The van der Waals surface area contributed by atoms with Crippen LogP contribution in [0.5, 0.6) is 0 Å². The van der Waals surface area contributed by atoms with E-state index in [2.05, 4.69) is 37.4 Å². The molecule has 0 aromatic heterocycles. The van der Waals surface area contributed by atoms with E-state index in [1.807, 2.05) is 6.07 Å². The lowest BCUT2D eigenvalue weighted by Crippen LogP contribution is -2.36. The highest BCUT2D eigenvalue weighted by Crippen LogP contribution is 2.34. The van der Waals surface area contributed by atoms with E-state index >= 15 is 0 Å². The van der Waals surface area contributed by atoms with E-state index in [9.17, 15) is 0 Å². The van der Waals surface area contributed by atoms with E-state index in [1.54, 1.807) is 0 Å². The Morgan fingerprint density at radius 1 is 1.41 bits per heavy atom. The number of rotatable bonds is 3. The summed E-state index contributed by atoms with van der Waals surface area (Å²) in [6.45, 7) is 6.90. The minimum atomic E-state index is 0.678. The van der Waals surface area contributed by atoms with Crippen molar-refractivity contribution in [1.82, 2.24) is 5.32 Å². The van der Waals surface area contributed by atoms with Gasteiger partial charge in [-0.1, -0.05) is 37.6 Å². The van der Waals surface area contributed by atoms with Gasteiger partial charge in [-0.2, -0.15) is 0 Å². The Bertz CT molecular complexity index is 362. The molecule has 1 aromatic carbocycles. The normalized spacial score (nSPS) is 25.2. The van der Waals surface area contributed by atoms with Gasteiger partial charge in [-0.05, 0) is 61.4 Å². The predicted molar refractivity (Wildman–Crippen MR) is 74.6 cm³/mol. The van der Waals surface area contributed by atoms with E-state index in [4.69, 9.17) is 11.6 Å². The highest BCUT2D eigenvalue weighted by Gasteiger charge is 2.26. The molecule has 0 amide bonds. The molecule has 1 fully saturated rings. The minimum absolute atomic E-state index is 0.678. The first-order valence-corrected chi connectivity index (χ1v) is 7.01. The van der Waals surface area contributed by atoms with E-state index in [1.165, 1.54) is 18.4 Å². The van der Waals surface area contributed by atoms with Crippen molar-refractivity contribution in [2.75, 3.05) is 13.1 Å². The first kappa shape index (κ1) is 12.9. The summed E-state index contributed by atoms with van der Waals surface area (Å²) in [4.78, 5) is 0. The van der Waals surface area contributed by atoms with Crippen LogP contribution in [0.4, 0.5) is 0 Å². The molecule has 2 atom stereocenters. The average Bonchev–Trinajstić information content (AvgIpc) is 2.29. The van der Waals surface area contributed by atoms with Gasteiger partial charge in [0, 0.05) is 5.02 Å². The van der Waals surface area contributed by atoms with Crippen LogP contribution >= 0.6 is 11.6 Å². The third-order valence-corrected chi connectivity index (χ3v) is 3.89. The Hall–Kier alpha value is -0.530. The molecule has 2 unspecified atom stereocenters. The van der Waals surface area contributed by atoms with Crippen LogP contribution in [0.2, 0.25) is 5.02 Å². The van der Waals surface area contributed by atoms with E-state index in [0.29, 0.717) is 5.92 Å². The van der Waals surface area contributed by atoms with Gasteiger partial charge in [-0.25, -0.2) is 0 Å². The van der Waals surface area contributed by atoms with Gasteiger partial charge in [0.05, 0.1) is 0 Å². The minimum Gasteiger partial charge on any atom is -0.316 e. The van der Waals surface area contributed by atoms with Crippen LogP contribution in [-0.4, -0.2) is 13.1 Å². The molecule has 0 aliphatic carbocycles. The predicted octanol–water partition coefficient (Wildman–Crippen LogP) is 4.08. The second-order valence-corrected chi connectivity index (χ2v) is 5.98. The third kappa shape index (κ3) is 3.46. The van der Waals surface area contributed by atoms with Crippen molar-refractivity contribution < 1.29 is 0 Å². The molecule has 1 aliphatic rings. The van der Waals surface area contributed by atoms with Gasteiger partial charge < -0.3 is 5.32 Å². The van der Waals surface area contributed by atoms with E-state index < -0.39 is 0 Å². The van der Waals surface area contributed by atoms with Crippen LogP contribution in [0.15, 0.2) is 24.3 Å². The summed E-state index contributed by atoms with van der Waals surface area (Å²) in [7, 11) is 0. The second-order valence-electron chi connectivity index (χ2n) is 5.54. The van der Waals surface area contributed by atoms with Gasteiger partial charge in [0.1, 0.15) is 0 Å². The molecule has 1 aromatic rings. The number of hydrogen-bond acceptors (Lipinski definition) is 1. The first-order chi connectivity index (χ1) is 8.16. The lowest BCUT2D eigenvalue weighted by atomic mass is 9.77. The summed E-state index contributed by atoms with van der Waals surface area (Å²) < 4.78 is 0. The molecule has 94 valence electrons. The van der Waals surface area contributed by atoms with Crippen molar-refractivity contribution in [3.05, 3.63) is 34.9 Å². The van der Waals surface area contributed by atoms with Crippen LogP contribution in [0.25, 0.3) is 0 Å². The van der Waals surface area contributed by atoms with Crippen LogP contribution in [0.3, 0.4) is 0 Å². The highest BCUT2D eigenvalue weighted by molar-refractivity contribution is 6.30. The molecular formula is C15H22ClN. The Kier molecular flexibility index (Phi) is 4.47. The van der Waals surface area contributed by atoms with E-state index in [0.717, 1.165) is 29.9 Å². The Balaban J connectivity index is 2.15. The fourth-order valence-corrected chi connectivity index (χ4v) is 3.15. The monoisotopic (exact) mass is 251 g/mol. The molecule has 2 heteroatoms. The van der Waals surface area contributed by atoms with Crippen molar-refractivity contribution in [2.45, 2.75) is 32.6 Å². The van der Waals surface area contributed by atoms with Crippen molar-refractivity contribution in [1.29, 1.82) is 0 Å². The van der Waals surface area contributed by atoms with Gasteiger partial charge in [0.25, 0.3) is 0 Å². The maximum Gasteiger partial charge on any atom is 0.0408 e. The van der Waals surface area contributed by atoms with Crippen LogP contribution < -0.4 is 5.32 Å². The molecule has 0 radical (unpaired) electrons. The summed E-state index contributed by atoms with van der Waals surface area (Å²) in [5.41, 5.74) is 1.42. The van der Waals surface area contributed by atoms with Crippen LogP contribution in [0, 0.1) is 11.8 Å². The SMILES string of the molecule is CC(C)CC1CNCCC1c1cccc(Cl)c1. The Morgan fingerprint density at radius 2 is 2.24 bits per heavy atom. The average molecular weight is 252 g/mol. The molecule has 0 saturated carbocycles. The molecule has 17 heavy (non-hydrogen) atoms. The van der Waals surface area contributed by atoms with Gasteiger partial charge in [-0.15, -0.1) is 0 Å². The molecule has 1 heterocycles. The first-order valence-electron chi connectivity index (χ1n) is 6.63. The molecular weight excluding hydrogens is 230 g/mol. The Morgan fingerprint density at radius 3 is 2.94 bits per heavy atom. The lowest BCUT2D eigenvalue weighted by molar-refractivity contribution is 0.280. The van der Waals surface area contributed by atoms with Gasteiger partial charge >= 0.3 is 0 Å². The van der Waals surface area contributed by atoms with Gasteiger partial charge in [0.2, 0.25) is 0 Å². The molecule has 1 saturated heterocycles.